The van der Waals surface area contributed by atoms with Gasteiger partial charge in [0.2, 0.25) is 5.54 Å². The fraction of sp³-hybridized carbons (Fsp3) is 0.417. The molecule has 0 spiro atoms. The van der Waals surface area contributed by atoms with Crippen molar-refractivity contribution in [3.05, 3.63) is 23.9 Å². The lowest BCUT2D eigenvalue weighted by atomic mass is 10.0. The number of nitrogens with one attached hydrogen (secondary N) is 1. The Hall–Kier alpha value is -2.32. The molecule has 1 aromatic rings. The first kappa shape index (κ1) is 16.7. The van der Waals surface area contributed by atoms with Crippen molar-refractivity contribution in [1.82, 2.24) is 4.98 Å². The number of aliphatic carboxylic acids is 1. The third kappa shape index (κ3) is 3.61. The summed E-state index contributed by atoms with van der Waals surface area (Å²) in [5.41, 5.74) is -3.14. The summed E-state index contributed by atoms with van der Waals surface area (Å²) in [5, 5.41) is 10.6. The van der Waals surface area contributed by atoms with E-state index in [0.29, 0.717) is 6.92 Å². The van der Waals surface area contributed by atoms with E-state index in [0.717, 1.165) is 12.3 Å². The Kier molecular flexibility index (Phi) is 4.77. The molecule has 0 saturated carbocycles. The lowest BCUT2D eigenvalue weighted by Gasteiger charge is -2.29. The van der Waals surface area contributed by atoms with Gasteiger partial charge >= 0.3 is 18.1 Å². The van der Waals surface area contributed by atoms with Crippen LogP contribution in [0.5, 0.6) is 0 Å². The molecule has 0 radical (unpaired) electrons. The van der Waals surface area contributed by atoms with E-state index in [1.54, 1.807) is 12.2 Å². The molecule has 0 saturated heterocycles. The van der Waals surface area contributed by atoms with Crippen LogP contribution in [0.3, 0.4) is 0 Å². The Bertz CT molecular complexity index is 530. The van der Waals surface area contributed by atoms with E-state index >= 15 is 0 Å². The molecular formula is C12H13F3N2O4. The molecule has 116 valence electrons. The van der Waals surface area contributed by atoms with Gasteiger partial charge in [-0.25, -0.2) is 14.6 Å². The van der Waals surface area contributed by atoms with Crippen molar-refractivity contribution >= 4 is 17.8 Å². The normalized spacial score (nSPS) is 14.1. The van der Waals surface area contributed by atoms with Crippen molar-refractivity contribution in [2.45, 2.75) is 25.6 Å². The monoisotopic (exact) mass is 306 g/mol. The minimum Gasteiger partial charge on any atom is -0.479 e. The van der Waals surface area contributed by atoms with Crippen LogP contribution in [0.4, 0.5) is 19.0 Å². The third-order valence-electron chi connectivity index (χ3n) is 2.65. The van der Waals surface area contributed by atoms with Gasteiger partial charge in [-0.2, -0.15) is 13.2 Å². The number of ether oxygens (including phenoxy) is 1. The molecule has 1 aromatic heterocycles. The lowest BCUT2D eigenvalue weighted by molar-refractivity contribution is -0.192. The molecule has 6 nitrogen and oxygen atoms in total. The van der Waals surface area contributed by atoms with E-state index in [2.05, 4.69) is 9.72 Å². The van der Waals surface area contributed by atoms with Crippen molar-refractivity contribution in [3.63, 3.8) is 0 Å². The minimum absolute atomic E-state index is 0.0476. The molecule has 0 fully saturated rings. The van der Waals surface area contributed by atoms with Crippen LogP contribution in [-0.4, -0.2) is 40.4 Å². The van der Waals surface area contributed by atoms with Crippen LogP contribution < -0.4 is 5.32 Å². The number of nitrogens with zero attached hydrogens (tertiary/aromatic N) is 1. The molecular weight excluding hydrogens is 293 g/mol. The van der Waals surface area contributed by atoms with Crippen LogP contribution in [0.1, 0.15) is 24.2 Å². The van der Waals surface area contributed by atoms with Crippen LogP contribution in [-0.2, 0) is 9.53 Å². The molecule has 21 heavy (non-hydrogen) atoms. The Morgan fingerprint density at radius 3 is 2.38 bits per heavy atom. The molecule has 9 heteroatoms. The van der Waals surface area contributed by atoms with E-state index in [9.17, 15) is 22.8 Å². The summed E-state index contributed by atoms with van der Waals surface area (Å²) >= 11 is 0. The second-order valence-electron chi connectivity index (χ2n) is 4.21. The molecule has 0 aromatic carbocycles. The summed E-state index contributed by atoms with van der Waals surface area (Å²) in [6, 6.07) is 2.26. The van der Waals surface area contributed by atoms with E-state index in [1.807, 2.05) is 0 Å². The highest BCUT2D eigenvalue weighted by Crippen LogP contribution is 2.33. The molecule has 2 N–H and O–H groups in total. The number of aromatic nitrogens is 1. The Balaban J connectivity index is 2.97. The maximum atomic E-state index is 12.8. The molecule has 0 amide bonds. The number of pyridine rings is 1. The molecule has 1 heterocycles. The van der Waals surface area contributed by atoms with Gasteiger partial charge in [-0.1, -0.05) is 0 Å². The first-order valence-electron chi connectivity index (χ1n) is 5.83. The molecule has 1 unspecified atom stereocenters. The highest BCUT2D eigenvalue weighted by molar-refractivity contribution is 5.89. The highest BCUT2D eigenvalue weighted by Gasteiger charge is 2.57. The number of halogens is 3. The third-order valence-corrected chi connectivity index (χ3v) is 2.65. The van der Waals surface area contributed by atoms with Crippen LogP contribution in [0.15, 0.2) is 18.3 Å². The SMILES string of the molecule is CCOC(=O)c1ccc(NC(C)(C(=O)O)C(F)(F)F)nc1. The largest absolute Gasteiger partial charge is 0.479 e. The maximum Gasteiger partial charge on any atom is 0.422 e. The lowest BCUT2D eigenvalue weighted by Crippen LogP contribution is -2.55. The van der Waals surface area contributed by atoms with Gasteiger partial charge in [-0.3, -0.25) is 0 Å². The van der Waals surface area contributed by atoms with Crippen molar-refractivity contribution in [2.75, 3.05) is 11.9 Å². The van der Waals surface area contributed by atoms with Crippen LogP contribution in [0.2, 0.25) is 0 Å². The van der Waals surface area contributed by atoms with Gasteiger partial charge in [0.25, 0.3) is 0 Å². The highest BCUT2D eigenvalue weighted by atomic mass is 19.4. The Morgan fingerprint density at radius 1 is 1.38 bits per heavy atom. The zero-order valence-corrected chi connectivity index (χ0v) is 11.2. The fourth-order valence-corrected chi connectivity index (χ4v) is 1.30. The van der Waals surface area contributed by atoms with Crippen LogP contribution in [0.25, 0.3) is 0 Å². The number of rotatable bonds is 5. The van der Waals surface area contributed by atoms with Crippen LogP contribution in [0, 0.1) is 0 Å². The zero-order chi connectivity index (χ0) is 16.3. The summed E-state index contributed by atoms with van der Waals surface area (Å²) < 4.78 is 43.1. The number of anilines is 1. The summed E-state index contributed by atoms with van der Waals surface area (Å²) in [6.45, 7) is 2.23. The summed E-state index contributed by atoms with van der Waals surface area (Å²) in [7, 11) is 0. The second kappa shape index (κ2) is 5.98. The molecule has 0 aliphatic rings. The average molecular weight is 306 g/mol. The van der Waals surface area contributed by atoms with E-state index < -0.39 is 23.7 Å². The molecule has 0 aliphatic carbocycles. The van der Waals surface area contributed by atoms with Crippen molar-refractivity contribution in [2.24, 2.45) is 0 Å². The number of carbonyl (C=O) groups is 2. The number of carboxylic acids is 1. The first-order valence-corrected chi connectivity index (χ1v) is 5.83. The van der Waals surface area contributed by atoms with Gasteiger partial charge in [-0.05, 0) is 26.0 Å². The summed E-state index contributed by atoms with van der Waals surface area (Å²) in [5.74, 6) is -3.09. The van der Waals surface area contributed by atoms with Gasteiger partial charge in [0, 0.05) is 6.20 Å². The standard InChI is InChI=1S/C12H13F3N2O4/c1-3-21-9(18)7-4-5-8(16-6-7)17-11(2,10(19)20)12(13,14)15/h4-6H,3H2,1-2H3,(H,16,17)(H,19,20). The van der Waals surface area contributed by atoms with Gasteiger partial charge in [-0.15, -0.1) is 0 Å². The predicted octanol–water partition coefficient (Wildman–Crippen LogP) is 2.08. The molecule has 0 aliphatic heterocycles. The number of esters is 1. The number of hydrogen-bond acceptors (Lipinski definition) is 5. The summed E-state index contributed by atoms with van der Waals surface area (Å²) in [6.07, 6.45) is -4.03. The fourth-order valence-electron chi connectivity index (χ4n) is 1.30. The number of carboxylic acid groups (broad SMARTS) is 1. The minimum atomic E-state index is -5.03. The summed E-state index contributed by atoms with van der Waals surface area (Å²) in [4.78, 5) is 25.8. The van der Waals surface area contributed by atoms with Crippen molar-refractivity contribution < 1.29 is 32.6 Å². The average Bonchev–Trinajstić information content (AvgIpc) is 2.38. The predicted molar refractivity (Wildman–Crippen MR) is 65.9 cm³/mol. The topological polar surface area (TPSA) is 88.5 Å². The quantitative estimate of drug-likeness (QED) is 0.810. The van der Waals surface area contributed by atoms with E-state index in [1.165, 1.54) is 6.07 Å². The number of carbonyl (C=O) groups excluding carboxylic acids is 1. The van der Waals surface area contributed by atoms with Gasteiger partial charge in [0.15, 0.2) is 0 Å². The number of hydrogen-bond donors (Lipinski definition) is 2. The first-order chi connectivity index (χ1) is 9.61. The van der Waals surface area contributed by atoms with Gasteiger partial charge < -0.3 is 15.2 Å². The Morgan fingerprint density at radius 2 is 2.00 bits per heavy atom. The molecule has 1 rings (SSSR count). The molecule has 1 atom stereocenters. The van der Waals surface area contributed by atoms with Crippen molar-refractivity contribution in [3.8, 4) is 0 Å². The maximum absolute atomic E-state index is 12.8. The van der Waals surface area contributed by atoms with Crippen LogP contribution >= 0.6 is 0 Å². The zero-order valence-electron chi connectivity index (χ0n) is 11.2. The van der Waals surface area contributed by atoms with E-state index in [4.69, 9.17) is 5.11 Å². The number of alkyl halides is 3. The van der Waals surface area contributed by atoms with Crippen molar-refractivity contribution in [1.29, 1.82) is 0 Å². The second-order valence-corrected chi connectivity index (χ2v) is 4.21. The van der Waals surface area contributed by atoms with E-state index in [-0.39, 0.29) is 18.0 Å². The smallest absolute Gasteiger partial charge is 0.422 e. The molecule has 0 bridgehead atoms. The van der Waals surface area contributed by atoms with Gasteiger partial charge in [0.1, 0.15) is 5.82 Å². The van der Waals surface area contributed by atoms with Gasteiger partial charge in [0.05, 0.1) is 12.2 Å². The Labute approximate surface area is 117 Å².